The topological polar surface area (TPSA) is 59.4 Å². The number of carboxylic acid groups (broad SMARTS) is 1. The van der Waals surface area contributed by atoms with Gasteiger partial charge in [-0.25, -0.2) is 18.6 Å². The van der Waals surface area contributed by atoms with Crippen LogP contribution >= 0.6 is 11.6 Å². The number of pyridine rings is 1. The van der Waals surface area contributed by atoms with Crippen molar-refractivity contribution in [3.63, 3.8) is 0 Å². The molecule has 0 unspecified atom stereocenters. The quantitative estimate of drug-likeness (QED) is 0.877. The van der Waals surface area contributed by atoms with Gasteiger partial charge in [-0.2, -0.15) is 0 Å². The largest absolute Gasteiger partial charge is 0.481 e. The molecule has 0 radical (unpaired) electrons. The first-order chi connectivity index (χ1) is 6.97. The van der Waals surface area contributed by atoms with Crippen LogP contribution < -0.4 is 4.74 Å². The lowest BCUT2D eigenvalue weighted by Crippen LogP contribution is -2.05. The van der Waals surface area contributed by atoms with E-state index in [9.17, 15) is 13.6 Å². The van der Waals surface area contributed by atoms with Gasteiger partial charge in [0.1, 0.15) is 0 Å². The Morgan fingerprint density at radius 3 is 2.67 bits per heavy atom. The van der Waals surface area contributed by atoms with Gasteiger partial charge in [-0.1, -0.05) is 11.6 Å². The molecule has 0 saturated heterocycles. The van der Waals surface area contributed by atoms with Gasteiger partial charge in [0.15, 0.2) is 5.69 Å². The molecular weight excluding hydrogens is 232 g/mol. The molecule has 1 rings (SSSR count). The summed E-state index contributed by atoms with van der Waals surface area (Å²) in [6.45, 7) is 0. The van der Waals surface area contributed by atoms with Crippen LogP contribution in [0.25, 0.3) is 0 Å². The van der Waals surface area contributed by atoms with Crippen LogP contribution in [0.15, 0.2) is 6.07 Å². The van der Waals surface area contributed by atoms with E-state index in [-0.39, 0.29) is 5.02 Å². The number of hydrogen-bond donors (Lipinski definition) is 1. The molecule has 82 valence electrons. The van der Waals surface area contributed by atoms with E-state index in [0.29, 0.717) is 0 Å². The maximum absolute atomic E-state index is 12.4. The Hall–Kier alpha value is -1.43. The highest BCUT2D eigenvalue weighted by Crippen LogP contribution is 2.31. The first-order valence-corrected chi connectivity index (χ1v) is 4.11. The van der Waals surface area contributed by atoms with Crippen molar-refractivity contribution < 1.29 is 23.4 Å². The molecule has 0 aromatic carbocycles. The summed E-state index contributed by atoms with van der Waals surface area (Å²) in [7, 11) is 1.12. The minimum absolute atomic E-state index is 0.349. The molecule has 0 atom stereocenters. The fourth-order valence-corrected chi connectivity index (χ4v) is 1.20. The normalized spacial score (nSPS) is 10.5. The number of aromatic nitrogens is 1. The summed E-state index contributed by atoms with van der Waals surface area (Å²) in [4.78, 5) is 14.0. The van der Waals surface area contributed by atoms with Crippen LogP contribution in [0.5, 0.6) is 5.88 Å². The minimum atomic E-state index is -2.83. The maximum Gasteiger partial charge on any atom is 0.356 e. The number of hydrogen-bond acceptors (Lipinski definition) is 3. The Bertz CT molecular complexity index is 398. The molecule has 4 nitrogen and oxygen atoms in total. The molecule has 15 heavy (non-hydrogen) atoms. The van der Waals surface area contributed by atoms with Crippen LogP contribution in [0.2, 0.25) is 5.02 Å². The standard InChI is InChI=1S/C8H6ClF2NO3/c1-15-7-3(6(10)11)2-4(9)5(12-7)8(13)14/h2,6H,1H3,(H,13,14). The van der Waals surface area contributed by atoms with Gasteiger partial charge in [0.05, 0.1) is 17.7 Å². The van der Waals surface area contributed by atoms with Crippen LogP contribution in [0.4, 0.5) is 8.78 Å². The molecule has 1 N–H and O–H groups in total. The van der Waals surface area contributed by atoms with E-state index in [4.69, 9.17) is 16.7 Å². The van der Waals surface area contributed by atoms with Gasteiger partial charge in [0.2, 0.25) is 5.88 Å². The van der Waals surface area contributed by atoms with Crippen LogP contribution in [0, 0.1) is 0 Å². The number of rotatable bonds is 3. The molecule has 0 aliphatic heterocycles. The van der Waals surface area contributed by atoms with Gasteiger partial charge < -0.3 is 9.84 Å². The zero-order chi connectivity index (χ0) is 11.6. The molecular formula is C8H6ClF2NO3. The van der Waals surface area contributed by atoms with Gasteiger partial charge in [-0.3, -0.25) is 0 Å². The Morgan fingerprint density at radius 1 is 1.67 bits per heavy atom. The first-order valence-electron chi connectivity index (χ1n) is 3.73. The van der Waals surface area contributed by atoms with Crippen molar-refractivity contribution in [1.29, 1.82) is 0 Å². The number of methoxy groups -OCH3 is 1. The third kappa shape index (κ3) is 2.33. The zero-order valence-electron chi connectivity index (χ0n) is 7.50. The molecule has 1 aromatic heterocycles. The minimum Gasteiger partial charge on any atom is -0.481 e. The van der Waals surface area contributed by atoms with Gasteiger partial charge in [-0.15, -0.1) is 0 Å². The van der Waals surface area contributed by atoms with Gasteiger partial charge in [0.25, 0.3) is 6.43 Å². The second-order valence-electron chi connectivity index (χ2n) is 2.52. The van der Waals surface area contributed by atoms with E-state index in [1.54, 1.807) is 0 Å². The first kappa shape index (κ1) is 11.6. The summed E-state index contributed by atoms with van der Waals surface area (Å²) < 4.78 is 29.3. The summed E-state index contributed by atoms with van der Waals surface area (Å²) in [5.41, 5.74) is -1.05. The Morgan fingerprint density at radius 2 is 2.27 bits per heavy atom. The smallest absolute Gasteiger partial charge is 0.356 e. The molecule has 1 heterocycles. The molecule has 0 bridgehead atoms. The zero-order valence-corrected chi connectivity index (χ0v) is 8.26. The number of halogens is 3. The van der Waals surface area contributed by atoms with E-state index >= 15 is 0 Å². The molecule has 0 spiro atoms. The van der Waals surface area contributed by atoms with Crippen molar-refractivity contribution in [2.24, 2.45) is 0 Å². The predicted octanol–water partition coefficient (Wildman–Crippen LogP) is 2.38. The van der Waals surface area contributed by atoms with Crippen molar-refractivity contribution in [2.45, 2.75) is 6.43 Å². The fraction of sp³-hybridized carbons (Fsp3) is 0.250. The molecule has 0 fully saturated rings. The summed E-state index contributed by atoms with van der Waals surface area (Å²) >= 11 is 5.47. The lowest BCUT2D eigenvalue weighted by Gasteiger charge is -2.08. The van der Waals surface area contributed by atoms with E-state index in [2.05, 4.69) is 9.72 Å². The molecule has 7 heteroatoms. The van der Waals surface area contributed by atoms with E-state index < -0.39 is 29.5 Å². The highest BCUT2D eigenvalue weighted by Gasteiger charge is 2.21. The molecule has 0 aliphatic rings. The average Bonchev–Trinajstić information content (AvgIpc) is 2.16. The monoisotopic (exact) mass is 237 g/mol. The van der Waals surface area contributed by atoms with E-state index in [1.807, 2.05) is 0 Å². The number of carbonyl (C=O) groups is 1. The summed E-state index contributed by atoms with van der Waals surface area (Å²) in [6, 6.07) is 0.835. The van der Waals surface area contributed by atoms with E-state index in [1.165, 1.54) is 0 Å². The Balaban J connectivity index is 3.35. The van der Waals surface area contributed by atoms with Crippen LogP contribution in [-0.4, -0.2) is 23.2 Å². The average molecular weight is 238 g/mol. The van der Waals surface area contributed by atoms with Gasteiger partial charge in [0, 0.05) is 0 Å². The summed E-state index contributed by atoms with van der Waals surface area (Å²) in [5.74, 6) is -1.84. The van der Waals surface area contributed by atoms with Crippen molar-refractivity contribution in [3.05, 3.63) is 22.3 Å². The highest BCUT2D eigenvalue weighted by atomic mass is 35.5. The van der Waals surface area contributed by atoms with Crippen LogP contribution in [0.3, 0.4) is 0 Å². The maximum atomic E-state index is 12.4. The summed E-state index contributed by atoms with van der Waals surface area (Å²) in [6.07, 6.45) is -2.83. The number of alkyl halides is 2. The molecule has 0 aliphatic carbocycles. The van der Waals surface area contributed by atoms with Gasteiger partial charge in [-0.05, 0) is 6.07 Å². The highest BCUT2D eigenvalue weighted by molar-refractivity contribution is 6.33. The number of nitrogens with zero attached hydrogens (tertiary/aromatic N) is 1. The number of aromatic carboxylic acids is 1. The van der Waals surface area contributed by atoms with Crippen molar-refractivity contribution in [2.75, 3.05) is 7.11 Å². The second kappa shape index (κ2) is 4.39. The van der Waals surface area contributed by atoms with Crippen molar-refractivity contribution in [3.8, 4) is 5.88 Å². The lowest BCUT2D eigenvalue weighted by atomic mass is 10.2. The molecule has 0 amide bonds. The van der Waals surface area contributed by atoms with Crippen molar-refractivity contribution >= 4 is 17.6 Å². The Kier molecular flexibility index (Phi) is 3.41. The lowest BCUT2D eigenvalue weighted by molar-refractivity contribution is 0.0688. The fourth-order valence-electron chi connectivity index (χ4n) is 0.956. The molecule has 0 saturated carbocycles. The predicted molar refractivity (Wildman–Crippen MR) is 47.7 cm³/mol. The number of ether oxygens (including phenoxy) is 1. The Labute approximate surface area is 88.4 Å². The van der Waals surface area contributed by atoms with Crippen LogP contribution in [0.1, 0.15) is 22.5 Å². The molecule has 1 aromatic rings. The van der Waals surface area contributed by atoms with E-state index in [0.717, 1.165) is 13.2 Å². The third-order valence-corrected chi connectivity index (χ3v) is 1.89. The summed E-state index contributed by atoms with van der Waals surface area (Å²) in [5, 5.41) is 8.28. The SMILES string of the molecule is COc1nc(C(=O)O)c(Cl)cc1C(F)F. The third-order valence-electron chi connectivity index (χ3n) is 1.60. The van der Waals surface area contributed by atoms with Crippen molar-refractivity contribution in [1.82, 2.24) is 4.98 Å². The second-order valence-corrected chi connectivity index (χ2v) is 2.93. The van der Waals surface area contributed by atoms with Gasteiger partial charge >= 0.3 is 5.97 Å². The van der Waals surface area contributed by atoms with Crippen LogP contribution in [-0.2, 0) is 0 Å². The number of carboxylic acids is 1.